The van der Waals surface area contributed by atoms with Crippen molar-refractivity contribution in [1.29, 1.82) is 0 Å². The third kappa shape index (κ3) is 6.01. The molecule has 1 aromatic rings. The lowest BCUT2D eigenvalue weighted by Crippen LogP contribution is -2.42. The molecule has 146 valence electrons. The highest BCUT2D eigenvalue weighted by Crippen LogP contribution is 2.26. The second kappa shape index (κ2) is 8.42. The summed E-state index contributed by atoms with van der Waals surface area (Å²) in [5.41, 5.74) is 1.64. The van der Waals surface area contributed by atoms with E-state index in [1.54, 1.807) is 12.1 Å². The van der Waals surface area contributed by atoms with E-state index in [4.69, 9.17) is 0 Å². The number of anilines is 1. The van der Waals surface area contributed by atoms with E-state index in [9.17, 15) is 13.2 Å². The quantitative estimate of drug-likeness (QED) is 0.822. The van der Waals surface area contributed by atoms with Crippen molar-refractivity contribution in [3.05, 3.63) is 29.8 Å². The SMILES string of the molecule is CC(C)(C)c1ccc(N(CC(=O)NCC2CCCCC2)S(C)(=O)=O)cc1. The number of nitrogens with zero attached hydrogens (tertiary/aromatic N) is 1. The Morgan fingerprint density at radius 2 is 1.69 bits per heavy atom. The molecule has 0 unspecified atom stereocenters. The predicted octanol–water partition coefficient (Wildman–Crippen LogP) is 3.45. The second-order valence-corrected chi connectivity index (χ2v) is 10.3. The zero-order valence-electron chi connectivity index (χ0n) is 16.4. The lowest BCUT2D eigenvalue weighted by atomic mass is 9.87. The van der Waals surface area contributed by atoms with Gasteiger partial charge in [0.15, 0.2) is 0 Å². The van der Waals surface area contributed by atoms with Crippen molar-refractivity contribution in [3.8, 4) is 0 Å². The molecule has 1 aliphatic carbocycles. The minimum atomic E-state index is -3.53. The van der Waals surface area contributed by atoms with E-state index >= 15 is 0 Å². The fraction of sp³-hybridized carbons (Fsp3) is 0.650. The van der Waals surface area contributed by atoms with Crippen LogP contribution in [0.25, 0.3) is 0 Å². The molecule has 0 radical (unpaired) electrons. The van der Waals surface area contributed by atoms with E-state index in [0.717, 1.165) is 24.7 Å². The maximum Gasteiger partial charge on any atom is 0.240 e. The maximum absolute atomic E-state index is 12.3. The van der Waals surface area contributed by atoms with E-state index in [1.165, 1.54) is 23.6 Å². The zero-order chi connectivity index (χ0) is 19.4. The number of benzene rings is 1. The lowest BCUT2D eigenvalue weighted by molar-refractivity contribution is -0.119. The normalized spacial score (nSPS) is 16.3. The average Bonchev–Trinajstić information content (AvgIpc) is 2.57. The van der Waals surface area contributed by atoms with E-state index in [-0.39, 0.29) is 17.9 Å². The van der Waals surface area contributed by atoms with Crippen LogP contribution in [0.3, 0.4) is 0 Å². The third-order valence-electron chi connectivity index (χ3n) is 5.02. The molecule has 1 aromatic carbocycles. The van der Waals surface area contributed by atoms with Gasteiger partial charge in [0.25, 0.3) is 0 Å². The van der Waals surface area contributed by atoms with E-state index in [0.29, 0.717) is 18.2 Å². The van der Waals surface area contributed by atoms with E-state index in [1.807, 2.05) is 12.1 Å². The minimum Gasteiger partial charge on any atom is -0.354 e. The highest BCUT2D eigenvalue weighted by atomic mass is 32.2. The standard InChI is InChI=1S/C20H32N2O3S/c1-20(2,3)17-10-12-18(13-11-17)22(26(4,24)25)15-19(23)21-14-16-8-6-5-7-9-16/h10-13,16H,5-9,14-15H2,1-4H3,(H,21,23). The van der Waals surface area contributed by atoms with Crippen LogP contribution in [0.4, 0.5) is 5.69 Å². The minimum absolute atomic E-state index is 0.00811. The van der Waals surface area contributed by atoms with Crippen LogP contribution >= 0.6 is 0 Å². The first kappa shape index (κ1) is 20.7. The zero-order valence-corrected chi connectivity index (χ0v) is 17.2. The summed E-state index contributed by atoms with van der Waals surface area (Å²) in [4.78, 5) is 12.3. The van der Waals surface area contributed by atoms with Crippen LogP contribution in [0, 0.1) is 5.92 Å². The first-order valence-corrected chi connectivity index (χ1v) is 11.3. The van der Waals surface area contributed by atoms with Gasteiger partial charge >= 0.3 is 0 Å². The largest absolute Gasteiger partial charge is 0.354 e. The first-order valence-electron chi connectivity index (χ1n) is 9.42. The first-order chi connectivity index (χ1) is 12.1. The van der Waals surface area contributed by atoms with Crippen molar-refractivity contribution >= 4 is 21.6 Å². The summed E-state index contributed by atoms with van der Waals surface area (Å²) < 4.78 is 25.6. The Morgan fingerprint density at radius 3 is 2.19 bits per heavy atom. The van der Waals surface area contributed by atoms with Gasteiger partial charge in [0, 0.05) is 6.54 Å². The predicted molar refractivity (Wildman–Crippen MR) is 107 cm³/mol. The van der Waals surface area contributed by atoms with Crippen LogP contribution in [-0.2, 0) is 20.2 Å². The highest BCUT2D eigenvalue weighted by molar-refractivity contribution is 7.92. The van der Waals surface area contributed by atoms with Gasteiger partial charge < -0.3 is 5.32 Å². The summed E-state index contributed by atoms with van der Waals surface area (Å²) in [5, 5.41) is 2.92. The van der Waals surface area contributed by atoms with Gasteiger partial charge in [0.1, 0.15) is 6.54 Å². The van der Waals surface area contributed by atoms with Crippen LogP contribution in [-0.4, -0.2) is 33.7 Å². The Hall–Kier alpha value is -1.56. The number of hydrogen-bond donors (Lipinski definition) is 1. The Bertz CT molecular complexity index is 700. The summed E-state index contributed by atoms with van der Waals surface area (Å²) in [6.07, 6.45) is 7.14. The van der Waals surface area contributed by atoms with Crippen molar-refractivity contribution in [2.75, 3.05) is 23.7 Å². The number of hydrogen-bond acceptors (Lipinski definition) is 3. The van der Waals surface area contributed by atoms with Crippen molar-refractivity contribution in [2.24, 2.45) is 5.92 Å². The van der Waals surface area contributed by atoms with Gasteiger partial charge in [-0.1, -0.05) is 52.2 Å². The van der Waals surface area contributed by atoms with Gasteiger partial charge in [0.05, 0.1) is 11.9 Å². The van der Waals surface area contributed by atoms with Crippen LogP contribution in [0.15, 0.2) is 24.3 Å². The number of rotatable bonds is 6. The molecule has 2 rings (SSSR count). The molecule has 0 aromatic heterocycles. The summed E-state index contributed by atoms with van der Waals surface area (Å²) in [6.45, 7) is 6.78. The van der Waals surface area contributed by atoms with Gasteiger partial charge in [-0.3, -0.25) is 9.10 Å². The molecular weight excluding hydrogens is 348 g/mol. The molecule has 1 aliphatic rings. The van der Waals surface area contributed by atoms with Gasteiger partial charge in [-0.15, -0.1) is 0 Å². The van der Waals surface area contributed by atoms with Gasteiger partial charge in [-0.25, -0.2) is 8.42 Å². The van der Waals surface area contributed by atoms with Crippen LogP contribution < -0.4 is 9.62 Å². The summed E-state index contributed by atoms with van der Waals surface area (Å²) in [5.74, 6) is 0.270. The average molecular weight is 381 g/mol. The molecule has 1 saturated carbocycles. The number of amides is 1. The van der Waals surface area contributed by atoms with Gasteiger partial charge in [-0.05, 0) is 41.9 Å². The van der Waals surface area contributed by atoms with E-state index < -0.39 is 10.0 Å². The maximum atomic E-state index is 12.3. The van der Waals surface area contributed by atoms with Gasteiger partial charge in [-0.2, -0.15) is 0 Å². The van der Waals surface area contributed by atoms with Crippen molar-refractivity contribution in [1.82, 2.24) is 5.32 Å². The molecule has 5 nitrogen and oxygen atoms in total. The van der Waals surface area contributed by atoms with Crippen LogP contribution in [0.1, 0.15) is 58.4 Å². The molecule has 0 bridgehead atoms. The van der Waals surface area contributed by atoms with Crippen LogP contribution in [0.2, 0.25) is 0 Å². The molecule has 26 heavy (non-hydrogen) atoms. The fourth-order valence-electron chi connectivity index (χ4n) is 3.36. The number of sulfonamides is 1. The number of carbonyl (C=O) groups is 1. The molecule has 6 heteroatoms. The Balaban J connectivity index is 2.04. The molecule has 0 atom stereocenters. The van der Waals surface area contributed by atoms with Crippen LogP contribution in [0.5, 0.6) is 0 Å². The van der Waals surface area contributed by atoms with Crippen molar-refractivity contribution in [3.63, 3.8) is 0 Å². The third-order valence-corrected chi connectivity index (χ3v) is 6.16. The Labute approximate surface area is 158 Å². The lowest BCUT2D eigenvalue weighted by Gasteiger charge is -2.25. The molecule has 0 heterocycles. The Kier molecular flexibility index (Phi) is 6.72. The van der Waals surface area contributed by atoms with Gasteiger partial charge in [0.2, 0.25) is 15.9 Å². The molecule has 0 spiro atoms. The fourth-order valence-corrected chi connectivity index (χ4v) is 4.22. The number of carbonyl (C=O) groups excluding carboxylic acids is 1. The summed E-state index contributed by atoms with van der Waals surface area (Å²) in [6, 6.07) is 7.40. The summed E-state index contributed by atoms with van der Waals surface area (Å²) >= 11 is 0. The molecule has 0 saturated heterocycles. The molecule has 0 aliphatic heterocycles. The smallest absolute Gasteiger partial charge is 0.240 e. The van der Waals surface area contributed by atoms with Crippen molar-refractivity contribution < 1.29 is 13.2 Å². The summed E-state index contributed by atoms with van der Waals surface area (Å²) in [7, 11) is -3.53. The topological polar surface area (TPSA) is 66.5 Å². The number of nitrogens with one attached hydrogen (secondary N) is 1. The molecule has 1 N–H and O–H groups in total. The second-order valence-electron chi connectivity index (χ2n) is 8.37. The molecule has 1 fully saturated rings. The monoisotopic (exact) mass is 380 g/mol. The van der Waals surface area contributed by atoms with E-state index in [2.05, 4.69) is 26.1 Å². The molecule has 1 amide bonds. The Morgan fingerprint density at radius 1 is 1.12 bits per heavy atom. The highest BCUT2D eigenvalue weighted by Gasteiger charge is 2.22. The van der Waals surface area contributed by atoms with Crippen molar-refractivity contribution in [2.45, 2.75) is 58.3 Å². The molecular formula is C20H32N2O3S.